The summed E-state index contributed by atoms with van der Waals surface area (Å²) in [6.07, 6.45) is 0. The van der Waals surface area contributed by atoms with Crippen molar-refractivity contribution >= 4 is 40.5 Å². The monoisotopic (exact) mass is 353 g/mol. The van der Waals surface area contributed by atoms with Crippen molar-refractivity contribution in [3.8, 4) is 5.75 Å². The highest BCUT2D eigenvalue weighted by atomic mass is 35.5. The predicted molar refractivity (Wildman–Crippen MR) is 90.7 cm³/mol. The Morgan fingerprint density at radius 1 is 1.26 bits per heavy atom. The Kier molecular flexibility index (Phi) is 5.63. The van der Waals surface area contributed by atoms with Crippen LogP contribution < -0.4 is 10.1 Å². The molecule has 0 aliphatic heterocycles. The van der Waals surface area contributed by atoms with E-state index >= 15 is 0 Å². The fourth-order valence-electron chi connectivity index (χ4n) is 2.01. The lowest BCUT2D eigenvalue weighted by Gasteiger charge is -2.10. The molecule has 0 bridgehead atoms. The SMILES string of the molecule is COc1ccc(Cl)cc1NC(=O)COC(=O)c1cc(C)sc1C. The van der Waals surface area contributed by atoms with Crippen molar-refractivity contribution in [3.05, 3.63) is 44.6 Å². The number of hydrogen-bond donors (Lipinski definition) is 1. The molecule has 1 aromatic heterocycles. The van der Waals surface area contributed by atoms with Gasteiger partial charge in [0.1, 0.15) is 5.75 Å². The molecular weight excluding hydrogens is 338 g/mol. The second kappa shape index (κ2) is 7.48. The number of anilines is 1. The second-order valence-electron chi connectivity index (χ2n) is 4.80. The lowest BCUT2D eigenvalue weighted by Crippen LogP contribution is -2.21. The van der Waals surface area contributed by atoms with E-state index in [2.05, 4.69) is 5.32 Å². The predicted octanol–water partition coefficient (Wildman–Crippen LogP) is 3.82. The summed E-state index contributed by atoms with van der Waals surface area (Å²) in [7, 11) is 1.49. The summed E-state index contributed by atoms with van der Waals surface area (Å²) < 4.78 is 10.2. The molecule has 2 aromatic rings. The third-order valence-corrected chi connectivity index (χ3v) is 4.23. The van der Waals surface area contributed by atoms with E-state index < -0.39 is 11.9 Å². The van der Waals surface area contributed by atoms with Crippen LogP contribution in [0.15, 0.2) is 24.3 Å². The number of rotatable bonds is 5. The van der Waals surface area contributed by atoms with Crippen molar-refractivity contribution in [1.82, 2.24) is 0 Å². The molecule has 1 amide bonds. The first-order valence-corrected chi connectivity index (χ1v) is 7.97. The van der Waals surface area contributed by atoms with E-state index in [1.165, 1.54) is 18.4 Å². The van der Waals surface area contributed by atoms with Gasteiger partial charge in [-0.15, -0.1) is 11.3 Å². The maximum Gasteiger partial charge on any atom is 0.339 e. The van der Waals surface area contributed by atoms with Crippen molar-refractivity contribution in [2.75, 3.05) is 19.0 Å². The average Bonchev–Trinajstić information content (AvgIpc) is 2.84. The third-order valence-electron chi connectivity index (χ3n) is 3.03. The number of methoxy groups -OCH3 is 1. The van der Waals surface area contributed by atoms with Crippen LogP contribution in [0.2, 0.25) is 5.02 Å². The van der Waals surface area contributed by atoms with Crippen LogP contribution in [0.25, 0.3) is 0 Å². The van der Waals surface area contributed by atoms with Crippen LogP contribution in [0, 0.1) is 13.8 Å². The molecule has 23 heavy (non-hydrogen) atoms. The van der Waals surface area contributed by atoms with Gasteiger partial charge in [-0.1, -0.05) is 11.6 Å². The number of carbonyl (C=O) groups excluding carboxylic acids is 2. The van der Waals surface area contributed by atoms with Crippen LogP contribution in [0.5, 0.6) is 5.75 Å². The third kappa shape index (κ3) is 4.46. The van der Waals surface area contributed by atoms with Gasteiger partial charge in [0.15, 0.2) is 6.61 Å². The highest BCUT2D eigenvalue weighted by Gasteiger charge is 2.16. The van der Waals surface area contributed by atoms with Crippen LogP contribution in [0.4, 0.5) is 5.69 Å². The van der Waals surface area contributed by atoms with E-state index in [0.717, 1.165) is 9.75 Å². The number of hydrogen-bond acceptors (Lipinski definition) is 5. The minimum absolute atomic E-state index is 0.386. The Morgan fingerprint density at radius 3 is 2.61 bits per heavy atom. The lowest BCUT2D eigenvalue weighted by atomic mass is 10.2. The maximum atomic E-state index is 12.0. The number of aryl methyl sites for hydroxylation is 2. The molecule has 1 heterocycles. The number of carbonyl (C=O) groups is 2. The van der Waals surface area contributed by atoms with Gasteiger partial charge in [-0.25, -0.2) is 4.79 Å². The Labute approximate surface area is 143 Å². The van der Waals surface area contributed by atoms with Gasteiger partial charge in [-0.2, -0.15) is 0 Å². The number of thiophene rings is 1. The van der Waals surface area contributed by atoms with Crippen molar-refractivity contribution in [2.24, 2.45) is 0 Å². The molecule has 0 saturated heterocycles. The van der Waals surface area contributed by atoms with Crippen LogP contribution in [0.3, 0.4) is 0 Å². The molecule has 2 rings (SSSR count). The minimum Gasteiger partial charge on any atom is -0.495 e. The molecule has 0 saturated carbocycles. The molecular formula is C16H16ClNO4S. The molecule has 0 radical (unpaired) electrons. The molecule has 0 fully saturated rings. The number of amides is 1. The number of esters is 1. The highest BCUT2D eigenvalue weighted by Crippen LogP contribution is 2.27. The van der Waals surface area contributed by atoms with E-state index in [-0.39, 0.29) is 6.61 Å². The summed E-state index contributed by atoms with van der Waals surface area (Å²) >= 11 is 7.40. The molecule has 0 spiro atoms. The Bertz CT molecular complexity index is 742. The second-order valence-corrected chi connectivity index (χ2v) is 6.69. The van der Waals surface area contributed by atoms with E-state index in [1.807, 2.05) is 13.8 Å². The topological polar surface area (TPSA) is 64.6 Å². The van der Waals surface area contributed by atoms with Crippen molar-refractivity contribution < 1.29 is 19.1 Å². The normalized spacial score (nSPS) is 10.3. The smallest absolute Gasteiger partial charge is 0.339 e. The van der Waals surface area contributed by atoms with Crippen LogP contribution >= 0.6 is 22.9 Å². The number of benzene rings is 1. The zero-order chi connectivity index (χ0) is 17.0. The first kappa shape index (κ1) is 17.3. The fourth-order valence-corrected chi connectivity index (χ4v) is 3.09. The zero-order valence-electron chi connectivity index (χ0n) is 12.9. The van der Waals surface area contributed by atoms with Gasteiger partial charge in [0.25, 0.3) is 5.91 Å². The van der Waals surface area contributed by atoms with Crippen molar-refractivity contribution in [1.29, 1.82) is 0 Å². The van der Waals surface area contributed by atoms with Gasteiger partial charge in [0, 0.05) is 14.8 Å². The molecule has 5 nitrogen and oxygen atoms in total. The molecule has 1 N–H and O–H groups in total. The summed E-state index contributed by atoms with van der Waals surface area (Å²) in [5.74, 6) is -0.512. The molecule has 122 valence electrons. The van der Waals surface area contributed by atoms with Gasteiger partial charge < -0.3 is 14.8 Å². The summed E-state index contributed by atoms with van der Waals surface area (Å²) in [6.45, 7) is 3.36. The van der Waals surface area contributed by atoms with E-state index in [0.29, 0.717) is 22.0 Å². The lowest BCUT2D eigenvalue weighted by molar-refractivity contribution is -0.119. The Balaban J connectivity index is 1.97. The van der Waals surface area contributed by atoms with Crippen molar-refractivity contribution in [2.45, 2.75) is 13.8 Å². The summed E-state index contributed by atoms with van der Waals surface area (Å²) in [5.41, 5.74) is 0.907. The molecule has 0 aliphatic carbocycles. The van der Waals surface area contributed by atoms with Crippen LogP contribution in [-0.2, 0) is 9.53 Å². The van der Waals surface area contributed by atoms with E-state index in [1.54, 1.807) is 24.3 Å². The minimum atomic E-state index is -0.514. The molecule has 1 aromatic carbocycles. The first-order chi connectivity index (χ1) is 10.9. The maximum absolute atomic E-state index is 12.0. The first-order valence-electron chi connectivity index (χ1n) is 6.78. The van der Waals surface area contributed by atoms with Crippen LogP contribution in [0.1, 0.15) is 20.1 Å². The largest absolute Gasteiger partial charge is 0.495 e. The summed E-state index contributed by atoms with van der Waals surface area (Å²) in [5, 5.41) is 3.07. The Hall–Kier alpha value is -2.05. The van der Waals surface area contributed by atoms with Gasteiger partial charge in [0.2, 0.25) is 0 Å². The quantitative estimate of drug-likeness (QED) is 0.830. The van der Waals surface area contributed by atoms with E-state index in [4.69, 9.17) is 21.1 Å². The number of ether oxygens (including phenoxy) is 2. The van der Waals surface area contributed by atoms with Crippen molar-refractivity contribution in [3.63, 3.8) is 0 Å². The fraction of sp³-hybridized carbons (Fsp3) is 0.250. The average molecular weight is 354 g/mol. The standard InChI is InChI=1S/C16H16ClNO4S/c1-9-6-12(10(2)23-9)16(20)22-8-15(19)18-13-7-11(17)4-5-14(13)21-3/h4-7H,8H2,1-3H3,(H,18,19). The number of nitrogens with one attached hydrogen (secondary N) is 1. The molecule has 0 unspecified atom stereocenters. The van der Waals surface area contributed by atoms with E-state index in [9.17, 15) is 9.59 Å². The molecule has 7 heteroatoms. The molecule has 0 aliphatic rings. The summed E-state index contributed by atoms with van der Waals surface area (Å²) in [6, 6.07) is 6.60. The van der Waals surface area contributed by atoms with Gasteiger partial charge >= 0.3 is 5.97 Å². The molecule has 0 atom stereocenters. The van der Waals surface area contributed by atoms with Gasteiger partial charge in [-0.05, 0) is 38.1 Å². The number of halogens is 1. The Morgan fingerprint density at radius 2 is 2.00 bits per heavy atom. The summed E-state index contributed by atoms with van der Waals surface area (Å²) in [4.78, 5) is 25.8. The van der Waals surface area contributed by atoms with Gasteiger partial charge in [0.05, 0.1) is 18.4 Å². The zero-order valence-corrected chi connectivity index (χ0v) is 14.5. The van der Waals surface area contributed by atoms with Crippen LogP contribution in [-0.4, -0.2) is 25.6 Å². The highest BCUT2D eigenvalue weighted by molar-refractivity contribution is 7.12. The van der Waals surface area contributed by atoms with Gasteiger partial charge in [-0.3, -0.25) is 4.79 Å².